The molecule has 246 valence electrons. The molecule has 2 saturated heterocycles. The molecule has 0 spiro atoms. The minimum atomic E-state index is -2.23. The fraction of sp³-hybridized carbons (Fsp3) is 0.286. The van der Waals surface area contributed by atoms with E-state index in [1.165, 1.54) is 56.5 Å². The number of carbonyl (C=O) groups is 5. The number of halogens is 4. The summed E-state index contributed by atoms with van der Waals surface area (Å²) in [6.07, 6.45) is 1.57. The second-order valence-electron chi connectivity index (χ2n) is 12.4. The highest BCUT2D eigenvalue weighted by atomic mass is 79.9. The molecule has 7 rings (SSSR count). The maximum absolute atomic E-state index is 14.5. The van der Waals surface area contributed by atoms with Crippen LogP contribution in [-0.4, -0.2) is 51.4 Å². The Morgan fingerprint density at radius 1 is 0.938 bits per heavy atom. The number of rotatable bonds is 5. The van der Waals surface area contributed by atoms with Gasteiger partial charge in [-0.1, -0.05) is 27.6 Å². The first-order valence-electron chi connectivity index (χ1n) is 15.0. The number of hydrogen-bond acceptors (Lipinski definition) is 7. The van der Waals surface area contributed by atoms with Crippen molar-refractivity contribution < 1.29 is 38.2 Å². The summed E-state index contributed by atoms with van der Waals surface area (Å²) < 4.78 is 19.7. The average molecular weight is 756 g/mol. The quantitative estimate of drug-likeness (QED) is 0.141. The fourth-order valence-electron chi connectivity index (χ4n) is 7.81. The predicted octanol–water partition coefficient (Wildman–Crippen LogP) is 6.27. The summed E-state index contributed by atoms with van der Waals surface area (Å²) in [5.74, 6) is -7.73. The minimum Gasteiger partial charge on any atom is -0.504 e. The van der Waals surface area contributed by atoms with Crippen LogP contribution in [0.5, 0.6) is 11.5 Å². The number of anilines is 2. The highest BCUT2D eigenvalue weighted by molar-refractivity contribution is 9.10. The third-order valence-electron chi connectivity index (χ3n) is 10.0. The highest BCUT2D eigenvalue weighted by Crippen LogP contribution is 2.67. The molecule has 3 aromatic carbocycles. The molecule has 2 heterocycles. The second-order valence-corrected chi connectivity index (χ2v) is 14.6. The van der Waals surface area contributed by atoms with Crippen LogP contribution in [0.25, 0.3) is 0 Å². The fourth-order valence-corrected chi connectivity index (χ4v) is 9.20. The molecule has 13 heteroatoms. The smallest absolute Gasteiger partial charge is 0.258 e. The van der Waals surface area contributed by atoms with E-state index in [9.17, 15) is 33.5 Å². The zero-order valence-corrected chi connectivity index (χ0v) is 28.5. The maximum Gasteiger partial charge on any atom is 0.258 e. The molecule has 2 aliphatic carbocycles. The molecule has 1 N–H and O–H groups in total. The molecule has 4 aliphatic rings. The summed E-state index contributed by atoms with van der Waals surface area (Å²) in [7, 11) is 1.35. The van der Waals surface area contributed by atoms with Crippen molar-refractivity contribution in [3.63, 3.8) is 0 Å². The Labute approximate surface area is 292 Å². The molecule has 0 radical (unpaired) electrons. The summed E-state index contributed by atoms with van der Waals surface area (Å²) in [6.45, 7) is 1.41. The van der Waals surface area contributed by atoms with Crippen molar-refractivity contribution in [2.75, 3.05) is 16.9 Å². The number of phenols is 1. The van der Waals surface area contributed by atoms with Crippen LogP contribution in [0.1, 0.15) is 41.6 Å². The molecule has 4 amide bonds. The lowest BCUT2D eigenvalue weighted by atomic mass is 9.56. The van der Waals surface area contributed by atoms with E-state index in [1.807, 2.05) is 0 Å². The molecule has 6 unspecified atom stereocenters. The number of methoxy groups -OCH3 is 1. The van der Waals surface area contributed by atoms with Gasteiger partial charge in [-0.2, -0.15) is 0 Å². The largest absolute Gasteiger partial charge is 0.504 e. The van der Waals surface area contributed by atoms with Crippen LogP contribution in [-0.2, 0) is 19.2 Å². The third kappa shape index (κ3) is 4.36. The van der Waals surface area contributed by atoms with Gasteiger partial charge in [0, 0.05) is 21.5 Å². The average Bonchev–Trinajstić information content (AvgIpc) is 3.40. The van der Waals surface area contributed by atoms with Crippen molar-refractivity contribution >= 4 is 79.9 Å². The Bertz CT molecular complexity index is 1990. The molecule has 0 bridgehead atoms. The molecule has 9 nitrogen and oxygen atoms in total. The van der Waals surface area contributed by atoms with Gasteiger partial charge in [0.05, 0.1) is 30.3 Å². The van der Waals surface area contributed by atoms with Gasteiger partial charge in [-0.05, 0) is 86.3 Å². The van der Waals surface area contributed by atoms with Gasteiger partial charge in [-0.3, -0.25) is 28.9 Å². The van der Waals surface area contributed by atoms with E-state index in [2.05, 4.69) is 15.9 Å². The number of aromatic hydroxyl groups is 1. The van der Waals surface area contributed by atoms with Crippen LogP contribution in [0, 0.1) is 23.6 Å². The number of Topliss-reactive ketones (excluding diaryl/α,β-unsaturated/α-hetero) is 1. The van der Waals surface area contributed by atoms with Crippen molar-refractivity contribution in [2.24, 2.45) is 17.8 Å². The maximum atomic E-state index is 14.5. The van der Waals surface area contributed by atoms with E-state index in [-0.39, 0.29) is 47.1 Å². The first-order valence-corrected chi connectivity index (χ1v) is 16.6. The number of ether oxygens (including phenoxy) is 1. The minimum absolute atomic E-state index is 0.0396. The van der Waals surface area contributed by atoms with Gasteiger partial charge in [-0.15, -0.1) is 23.2 Å². The lowest BCUT2D eigenvalue weighted by molar-refractivity contribution is -0.125. The van der Waals surface area contributed by atoms with Gasteiger partial charge < -0.3 is 9.84 Å². The van der Waals surface area contributed by atoms with E-state index in [1.54, 1.807) is 12.1 Å². The third-order valence-corrected chi connectivity index (χ3v) is 11.9. The Morgan fingerprint density at radius 3 is 2.19 bits per heavy atom. The van der Waals surface area contributed by atoms with Gasteiger partial charge in [0.2, 0.25) is 11.8 Å². The molecule has 48 heavy (non-hydrogen) atoms. The number of hydrogen-bond donors (Lipinski definition) is 1. The first-order chi connectivity index (χ1) is 22.7. The molecule has 2 aliphatic heterocycles. The number of nitrogens with zero attached hydrogens (tertiary/aromatic N) is 2. The van der Waals surface area contributed by atoms with Gasteiger partial charge in [0.15, 0.2) is 27.0 Å². The topological polar surface area (TPSA) is 121 Å². The summed E-state index contributed by atoms with van der Waals surface area (Å²) in [5.41, 5.74) is 1.32. The predicted molar refractivity (Wildman–Crippen MR) is 178 cm³/mol. The van der Waals surface area contributed by atoms with E-state index in [0.29, 0.717) is 15.6 Å². The molecule has 0 aromatic heterocycles. The van der Waals surface area contributed by atoms with Gasteiger partial charge in [0.25, 0.3) is 11.8 Å². The number of imide groups is 2. The molecular weight excluding hydrogens is 730 g/mol. The molecule has 3 aromatic rings. The van der Waals surface area contributed by atoms with E-state index in [0.717, 1.165) is 21.9 Å². The number of phenolic OH excluding ortho intramolecular Hbond substituents is 1. The molecular formula is C35H26BrCl2FN2O7. The monoisotopic (exact) mass is 754 g/mol. The second kappa shape index (κ2) is 11.2. The van der Waals surface area contributed by atoms with Gasteiger partial charge in [0.1, 0.15) is 5.82 Å². The summed E-state index contributed by atoms with van der Waals surface area (Å²) >= 11 is 18.2. The van der Waals surface area contributed by atoms with Crippen molar-refractivity contribution in [1.29, 1.82) is 0 Å². The zero-order valence-electron chi connectivity index (χ0n) is 25.4. The number of carbonyl (C=O) groups excluding carboxylic acids is 5. The van der Waals surface area contributed by atoms with Crippen molar-refractivity contribution in [2.45, 2.75) is 35.4 Å². The highest BCUT2D eigenvalue weighted by Gasteiger charge is 2.77. The standard InChI is InChI=1S/C35H26BrCl2FN2O7/c1-16(42)17-3-7-20(8-4-17)40-30(44)23-12-11-22-25(27(23)31(40)45)15-34(37)32(46)41(21-9-5-19(39)6-10-21)33(47)35(34,38)28(22)24-13-18(36)14-26(48-2)29(24)43/h3-11,13-14,23,25,27-28,43H,12,15H2,1-2H3. The molecule has 6 atom stereocenters. The van der Waals surface area contributed by atoms with Crippen molar-refractivity contribution in [3.05, 3.63) is 93.7 Å². The Morgan fingerprint density at radius 2 is 1.56 bits per heavy atom. The Kier molecular flexibility index (Phi) is 7.61. The number of ketones is 1. The van der Waals surface area contributed by atoms with E-state index in [4.69, 9.17) is 27.9 Å². The normalized spacial score (nSPS) is 29.4. The van der Waals surface area contributed by atoms with Crippen molar-refractivity contribution in [3.8, 4) is 11.5 Å². The van der Waals surface area contributed by atoms with Crippen LogP contribution >= 0.6 is 39.1 Å². The molecule has 1 saturated carbocycles. The summed E-state index contributed by atoms with van der Waals surface area (Å²) in [6, 6.07) is 13.9. The number of alkyl halides is 2. The molecule has 3 fully saturated rings. The van der Waals surface area contributed by atoms with Gasteiger partial charge in [-0.25, -0.2) is 9.29 Å². The lowest BCUT2D eigenvalue weighted by Gasteiger charge is -2.50. The Hall–Kier alpha value is -4.06. The van der Waals surface area contributed by atoms with Crippen LogP contribution in [0.3, 0.4) is 0 Å². The van der Waals surface area contributed by atoms with Gasteiger partial charge >= 0.3 is 0 Å². The summed E-state index contributed by atoms with van der Waals surface area (Å²) in [4.78, 5) is 66.4. The van der Waals surface area contributed by atoms with Crippen LogP contribution in [0.2, 0.25) is 0 Å². The Balaban J connectivity index is 1.40. The SMILES string of the molecule is COc1cc(Br)cc(C2C3=CCC4C(=O)N(c5ccc(C(C)=O)cc5)C(=O)C4C3CC3(Cl)C(=O)N(c4ccc(F)cc4)C(=O)C23Cl)c1O. The number of benzene rings is 3. The van der Waals surface area contributed by atoms with Crippen LogP contribution in [0.4, 0.5) is 15.8 Å². The van der Waals surface area contributed by atoms with E-state index >= 15 is 0 Å². The van der Waals surface area contributed by atoms with Crippen molar-refractivity contribution in [1.82, 2.24) is 0 Å². The number of amides is 4. The zero-order chi connectivity index (χ0) is 34.4. The number of fused-ring (bicyclic) bond motifs is 4. The van der Waals surface area contributed by atoms with Crippen LogP contribution < -0.4 is 14.5 Å². The lowest BCUT2D eigenvalue weighted by Crippen LogP contribution is -2.60. The van der Waals surface area contributed by atoms with E-state index < -0.39 is 62.9 Å². The first kappa shape index (κ1) is 32.5. The van der Waals surface area contributed by atoms with Crippen LogP contribution in [0.15, 0.2) is 76.8 Å². The number of allylic oxidation sites excluding steroid dienone is 2. The summed E-state index contributed by atoms with van der Waals surface area (Å²) in [5, 5.41) is 11.5.